The zero-order valence-electron chi connectivity index (χ0n) is 13.0. The van der Waals surface area contributed by atoms with Crippen LogP contribution in [0.5, 0.6) is 5.88 Å². The van der Waals surface area contributed by atoms with Crippen LogP contribution in [-0.2, 0) is 12.8 Å². The lowest BCUT2D eigenvalue weighted by atomic mass is 10.1. The second-order valence-electron chi connectivity index (χ2n) is 5.92. The van der Waals surface area contributed by atoms with Gasteiger partial charge in [-0.2, -0.15) is 4.98 Å². The molecule has 1 N–H and O–H groups in total. The average molecular weight is 290 g/mol. The van der Waals surface area contributed by atoms with Gasteiger partial charge < -0.3 is 14.6 Å². The summed E-state index contributed by atoms with van der Waals surface area (Å²) in [5.74, 6) is 1.93. The number of hydrogen-bond donors (Lipinski definition) is 1. The molecule has 2 aromatic rings. The maximum absolute atomic E-state index is 5.25. The van der Waals surface area contributed by atoms with Crippen molar-refractivity contribution in [1.82, 2.24) is 20.4 Å². The molecule has 0 saturated heterocycles. The molecule has 0 spiro atoms. The van der Waals surface area contributed by atoms with Crippen LogP contribution in [0, 0.1) is 0 Å². The lowest BCUT2D eigenvalue weighted by Gasteiger charge is -2.19. The van der Waals surface area contributed by atoms with Gasteiger partial charge in [0.25, 0.3) is 0 Å². The topological polar surface area (TPSA) is 73.1 Å². The van der Waals surface area contributed by atoms with Gasteiger partial charge in [0.05, 0.1) is 7.11 Å². The minimum absolute atomic E-state index is 0.0949. The Labute approximate surface area is 124 Å². The predicted octanol–water partition coefficient (Wildman–Crippen LogP) is 1.99. The molecule has 0 aliphatic heterocycles. The maximum Gasteiger partial charge on any atom is 0.227 e. The molecule has 2 heterocycles. The Morgan fingerprint density at radius 2 is 2.10 bits per heavy atom. The normalized spacial score (nSPS) is 11.6. The largest absolute Gasteiger partial charge is 0.481 e. The highest BCUT2D eigenvalue weighted by Gasteiger charge is 2.11. The van der Waals surface area contributed by atoms with Crippen molar-refractivity contribution >= 4 is 0 Å². The fourth-order valence-corrected chi connectivity index (χ4v) is 1.83. The van der Waals surface area contributed by atoms with E-state index in [2.05, 4.69) is 41.2 Å². The molecule has 6 heteroatoms. The van der Waals surface area contributed by atoms with Gasteiger partial charge in [0.2, 0.25) is 11.8 Å². The summed E-state index contributed by atoms with van der Waals surface area (Å²) >= 11 is 0. The molecule has 0 amide bonds. The van der Waals surface area contributed by atoms with Crippen LogP contribution < -0.4 is 10.1 Å². The van der Waals surface area contributed by atoms with Crippen molar-refractivity contribution in [3.8, 4) is 5.88 Å². The minimum Gasteiger partial charge on any atom is -0.481 e. The molecule has 0 unspecified atom stereocenters. The average Bonchev–Trinajstić information content (AvgIpc) is 2.86. The molecule has 21 heavy (non-hydrogen) atoms. The Balaban J connectivity index is 1.87. The van der Waals surface area contributed by atoms with Gasteiger partial charge in [-0.1, -0.05) is 11.2 Å². The summed E-state index contributed by atoms with van der Waals surface area (Å²) in [4.78, 5) is 8.55. The van der Waals surface area contributed by atoms with Gasteiger partial charge in [-0.25, -0.2) is 4.98 Å². The van der Waals surface area contributed by atoms with E-state index >= 15 is 0 Å². The zero-order valence-corrected chi connectivity index (χ0v) is 13.0. The fourth-order valence-electron chi connectivity index (χ4n) is 1.83. The van der Waals surface area contributed by atoms with Crippen molar-refractivity contribution in [2.75, 3.05) is 13.7 Å². The molecule has 0 fully saturated rings. The van der Waals surface area contributed by atoms with E-state index in [-0.39, 0.29) is 5.54 Å². The van der Waals surface area contributed by atoms with Crippen molar-refractivity contribution in [2.24, 2.45) is 0 Å². The van der Waals surface area contributed by atoms with E-state index < -0.39 is 0 Å². The van der Waals surface area contributed by atoms with Crippen molar-refractivity contribution in [1.29, 1.82) is 0 Å². The number of nitrogens with zero attached hydrogens (tertiary/aromatic N) is 3. The number of ether oxygens (including phenoxy) is 1. The van der Waals surface area contributed by atoms with Gasteiger partial charge in [0.15, 0.2) is 5.82 Å². The molecule has 0 bridgehead atoms. The molecule has 0 saturated carbocycles. The van der Waals surface area contributed by atoms with Gasteiger partial charge in [-0.15, -0.1) is 0 Å². The predicted molar refractivity (Wildman–Crippen MR) is 79.4 cm³/mol. The maximum atomic E-state index is 5.25. The van der Waals surface area contributed by atoms with E-state index in [9.17, 15) is 0 Å². The monoisotopic (exact) mass is 290 g/mol. The Kier molecular flexibility index (Phi) is 4.90. The van der Waals surface area contributed by atoms with E-state index in [0.717, 1.165) is 18.5 Å². The van der Waals surface area contributed by atoms with Crippen molar-refractivity contribution in [2.45, 2.75) is 39.2 Å². The molecule has 2 rings (SSSR count). The first-order valence-corrected chi connectivity index (χ1v) is 7.02. The molecule has 114 valence electrons. The summed E-state index contributed by atoms with van der Waals surface area (Å²) in [7, 11) is 1.60. The summed E-state index contributed by atoms with van der Waals surface area (Å²) in [6.45, 7) is 7.20. The first kappa shape index (κ1) is 15.4. The van der Waals surface area contributed by atoms with Gasteiger partial charge in [-0.3, -0.25) is 0 Å². The Morgan fingerprint density at radius 3 is 2.71 bits per heavy atom. The minimum atomic E-state index is 0.0949. The number of pyridine rings is 1. The number of hydrogen-bond acceptors (Lipinski definition) is 6. The third-order valence-corrected chi connectivity index (χ3v) is 2.87. The quantitative estimate of drug-likeness (QED) is 0.877. The van der Waals surface area contributed by atoms with Crippen LogP contribution >= 0.6 is 0 Å². The number of methoxy groups -OCH3 is 1. The first-order valence-electron chi connectivity index (χ1n) is 7.02. The van der Waals surface area contributed by atoms with E-state index in [1.54, 1.807) is 13.3 Å². The van der Waals surface area contributed by atoms with Crippen LogP contribution in [0.2, 0.25) is 0 Å². The number of rotatable bonds is 6. The highest BCUT2D eigenvalue weighted by molar-refractivity contribution is 5.20. The SMILES string of the molecule is COc1ccc(Cc2noc(CCNC(C)(C)C)n2)cn1. The fraction of sp³-hybridized carbons (Fsp3) is 0.533. The van der Waals surface area contributed by atoms with Crippen molar-refractivity contribution < 1.29 is 9.26 Å². The molecule has 6 nitrogen and oxygen atoms in total. The van der Waals surface area contributed by atoms with Gasteiger partial charge >= 0.3 is 0 Å². The summed E-state index contributed by atoms with van der Waals surface area (Å²) < 4.78 is 10.3. The van der Waals surface area contributed by atoms with Gasteiger partial charge in [-0.05, 0) is 26.3 Å². The molecule has 2 aromatic heterocycles. The molecule has 0 radical (unpaired) electrons. The molecule has 0 aromatic carbocycles. The van der Waals surface area contributed by atoms with Crippen LogP contribution in [0.4, 0.5) is 0 Å². The summed E-state index contributed by atoms with van der Waals surface area (Å²) in [5.41, 5.74) is 1.12. The summed E-state index contributed by atoms with van der Waals surface area (Å²) in [6.07, 6.45) is 3.09. The van der Waals surface area contributed by atoms with Crippen LogP contribution in [-0.4, -0.2) is 34.3 Å². The molecule has 0 aliphatic rings. The third-order valence-electron chi connectivity index (χ3n) is 2.87. The lowest BCUT2D eigenvalue weighted by Crippen LogP contribution is -2.37. The molecule has 0 atom stereocenters. The standard InChI is InChI=1S/C15H22N4O2/c1-15(2,3)17-8-7-14-18-12(19-21-14)9-11-5-6-13(20-4)16-10-11/h5-6,10,17H,7-9H2,1-4H3. The van der Waals surface area contributed by atoms with Gasteiger partial charge in [0, 0.05) is 37.2 Å². The molecule has 0 aliphatic carbocycles. The van der Waals surface area contributed by atoms with Crippen molar-refractivity contribution in [3.05, 3.63) is 35.6 Å². The second kappa shape index (κ2) is 6.67. The summed E-state index contributed by atoms with van der Waals surface area (Å²) in [6, 6.07) is 3.77. The van der Waals surface area contributed by atoms with E-state index in [4.69, 9.17) is 9.26 Å². The number of nitrogens with one attached hydrogen (secondary N) is 1. The Bertz CT molecular complexity index is 558. The highest BCUT2D eigenvalue weighted by Crippen LogP contribution is 2.10. The van der Waals surface area contributed by atoms with Crippen LogP contribution in [0.25, 0.3) is 0 Å². The zero-order chi connectivity index (χ0) is 15.3. The number of aromatic nitrogens is 3. The Hall–Kier alpha value is -1.95. The second-order valence-corrected chi connectivity index (χ2v) is 5.92. The third kappa shape index (κ3) is 5.15. The Morgan fingerprint density at radius 1 is 1.29 bits per heavy atom. The molecular formula is C15H22N4O2. The smallest absolute Gasteiger partial charge is 0.227 e. The van der Waals surface area contributed by atoms with Crippen LogP contribution in [0.3, 0.4) is 0 Å². The van der Waals surface area contributed by atoms with Crippen LogP contribution in [0.1, 0.15) is 38.0 Å². The van der Waals surface area contributed by atoms with E-state index in [1.807, 2.05) is 12.1 Å². The summed E-state index contributed by atoms with van der Waals surface area (Å²) in [5, 5.41) is 7.39. The molecular weight excluding hydrogens is 268 g/mol. The van der Waals surface area contributed by atoms with E-state index in [0.29, 0.717) is 24.0 Å². The van der Waals surface area contributed by atoms with Crippen molar-refractivity contribution in [3.63, 3.8) is 0 Å². The van der Waals surface area contributed by atoms with Crippen LogP contribution in [0.15, 0.2) is 22.9 Å². The van der Waals surface area contributed by atoms with E-state index in [1.165, 1.54) is 0 Å². The lowest BCUT2D eigenvalue weighted by molar-refractivity contribution is 0.359. The van der Waals surface area contributed by atoms with Gasteiger partial charge in [0.1, 0.15) is 0 Å². The highest BCUT2D eigenvalue weighted by atomic mass is 16.5. The first-order chi connectivity index (χ1) is 9.96.